The quantitative estimate of drug-likeness (QED) is 0.586. The Labute approximate surface area is 83.1 Å². The number of hydrogen-bond acceptors (Lipinski definition) is 0. The Hall–Kier alpha value is -1.58. The van der Waals surface area contributed by atoms with Crippen molar-refractivity contribution >= 4 is 10.8 Å². The lowest BCUT2D eigenvalue weighted by molar-refractivity contribution is 0.561. The third-order valence-corrected chi connectivity index (χ3v) is 2.27. The van der Waals surface area contributed by atoms with Crippen molar-refractivity contribution in [3.05, 3.63) is 47.0 Å². The molecule has 2 aromatic rings. The highest BCUT2D eigenvalue weighted by molar-refractivity contribution is 5.84. The lowest BCUT2D eigenvalue weighted by Crippen LogP contribution is -1.94. The van der Waals surface area contributed by atoms with E-state index in [2.05, 4.69) is 0 Å². The van der Waals surface area contributed by atoms with Crippen LogP contribution >= 0.6 is 0 Å². The molecule has 2 rings (SSSR count). The van der Waals surface area contributed by atoms with Crippen LogP contribution in [0, 0.1) is 30.2 Å². The zero-order valence-corrected chi connectivity index (χ0v) is 7.74. The fourth-order valence-corrected chi connectivity index (χ4v) is 1.48. The predicted octanol–water partition coefficient (Wildman–Crippen LogP) is 3.70. The van der Waals surface area contributed by atoms with Crippen molar-refractivity contribution in [2.24, 2.45) is 0 Å². The van der Waals surface area contributed by atoms with Gasteiger partial charge in [0, 0.05) is 11.6 Å². The number of fused-ring (bicyclic) bond motifs is 1. The molecule has 0 fully saturated rings. The normalized spacial score (nSPS) is 11.0. The highest BCUT2D eigenvalue weighted by Gasteiger charge is 2.14. The third-order valence-electron chi connectivity index (χ3n) is 2.27. The van der Waals surface area contributed by atoms with Crippen molar-refractivity contribution in [1.82, 2.24) is 0 Å². The van der Waals surface area contributed by atoms with E-state index in [1.165, 1.54) is 6.92 Å². The van der Waals surface area contributed by atoms with Gasteiger partial charge in [-0.3, -0.25) is 0 Å². The Morgan fingerprint density at radius 2 is 1.53 bits per heavy atom. The molecule has 0 N–H and O–H groups in total. The largest absolute Gasteiger partial charge is 0.207 e. The highest BCUT2D eigenvalue weighted by atomic mass is 19.1. The minimum atomic E-state index is -1.02. The maximum Gasteiger partial charge on any atom is 0.139 e. The predicted molar refractivity (Wildman–Crippen MR) is 48.5 cm³/mol. The van der Waals surface area contributed by atoms with Gasteiger partial charge < -0.3 is 0 Å². The third kappa shape index (κ3) is 1.46. The molecule has 0 nitrogen and oxygen atoms in total. The van der Waals surface area contributed by atoms with E-state index in [0.29, 0.717) is 6.07 Å². The average Bonchev–Trinajstić information content (AvgIpc) is 2.13. The molecule has 0 heterocycles. The maximum absolute atomic E-state index is 13.4. The van der Waals surface area contributed by atoms with Gasteiger partial charge in [-0.15, -0.1) is 0 Å². The standard InChI is InChI=1S/C11H6F4/c1-5-8(13)3-6-2-7(12)4-9(14)10(6)11(5)15/h2-4H,1H3. The van der Waals surface area contributed by atoms with E-state index in [0.717, 1.165) is 12.1 Å². The van der Waals surface area contributed by atoms with Crippen molar-refractivity contribution in [3.63, 3.8) is 0 Å². The summed E-state index contributed by atoms with van der Waals surface area (Å²) in [6.07, 6.45) is 0. The molecule has 0 amide bonds. The summed E-state index contributed by atoms with van der Waals surface area (Å²) < 4.78 is 52.5. The molecule has 78 valence electrons. The second-order valence-electron chi connectivity index (χ2n) is 3.28. The van der Waals surface area contributed by atoms with Gasteiger partial charge in [0.25, 0.3) is 0 Å². The molecule has 0 aliphatic rings. The first kappa shape index (κ1) is 9.96. The summed E-state index contributed by atoms with van der Waals surface area (Å²) in [6.45, 7) is 1.20. The molecule has 0 radical (unpaired) electrons. The summed E-state index contributed by atoms with van der Waals surface area (Å²) in [7, 11) is 0. The topological polar surface area (TPSA) is 0 Å². The van der Waals surface area contributed by atoms with E-state index in [-0.39, 0.29) is 16.3 Å². The average molecular weight is 214 g/mol. The second-order valence-corrected chi connectivity index (χ2v) is 3.28. The molecule has 0 aromatic heterocycles. The van der Waals surface area contributed by atoms with Crippen LogP contribution in [0.2, 0.25) is 0 Å². The van der Waals surface area contributed by atoms with Crippen LogP contribution in [0.4, 0.5) is 17.6 Å². The first-order chi connectivity index (χ1) is 7.00. The molecule has 4 heteroatoms. The van der Waals surface area contributed by atoms with Gasteiger partial charge >= 0.3 is 0 Å². The van der Waals surface area contributed by atoms with E-state index < -0.39 is 23.3 Å². The number of rotatable bonds is 0. The summed E-state index contributed by atoms with van der Waals surface area (Å²) in [6, 6.07) is 2.38. The number of hydrogen-bond donors (Lipinski definition) is 0. The van der Waals surface area contributed by atoms with Crippen LogP contribution in [-0.4, -0.2) is 0 Å². The Balaban J connectivity index is 2.99. The Kier molecular flexibility index (Phi) is 2.14. The molecule has 15 heavy (non-hydrogen) atoms. The minimum Gasteiger partial charge on any atom is -0.207 e. The van der Waals surface area contributed by atoms with Crippen LogP contribution in [-0.2, 0) is 0 Å². The Morgan fingerprint density at radius 3 is 2.20 bits per heavy atom. The van der Waals surface area contributed by atoms with Gasteiger partial charge in [0.2, 0.25) is 0 Å². The zero-order valence-electron chi connectivity index (χ0n) is 7.74. The fourth-order valence-electron chi connectivity index (χ4n) is 1.48. The fraction of sp³-hybridized carbons (Fsp3) is 0.0909. The molecular weight excluding hydrogens is 208 g/mol. The van der Waals surface area contributed by atoms with Crippen LogP contribution in [0.15, 0.2) is 18.2 Å². The van der Waals surface area contributed by atoms with Crippen LogP contribution in [0.5, 0.6) is 0 Å². The second kappa shape index (κ2) is 3.22. The summed E-state index contributed by atoms with van der Waals surface area (Å²) >= 11 is 0. The zero-order chi connectivity index (χ0) is 11.2. The van der Waals surface area contributed by atoms with Crippen LogP contribution < -0.4 is 0 Å². The van der Waals surface area contributed by atoms with E-state index in [4.69, 9.17) is 0 Å². The van der Waals surface area contributed by atoms with E-state index >= 15 is 0 Å². The smallest absolute Gasteiger partial charge is 0.139 e. The van der Waals surface area contributed by atoms with Crippen molar-refractivity contribution in [2.75, 3.05) is 0 Å². The minimum absolute atomic E-state index is 0.117. The van der Waals surface area contributed by atoms with Gasteiger partial charge in [-0.25, -0.2) is 17.6 Å². The Morgan fingerprint density at radius 1 is 0.867 bits per heavy atom. The molecule has 0 spiro atoms. The van der Waals surface area contributed by atoms with E-state index in [1.54, 1.807) is 0 Å². The first-order valence-corrected chi connectivity index (χ1v) is 4.24. The number of halogens is 4. The van der Waals surface area contributed by atoms with Crippen molar-refractivity contribution in [2.45, 2.75) is 6.92 Å². The number of benzene rings is 2. The molecule has 0 saturated carbocycles. The molecule has 0 bridgehead atoms. The van der Waals surface area contributed by atoms with Gasteiger partial charge in [0.15, 0.2) is 0 Å². The summed E-state index contributed by atoms with van der Waals surface area (Å²) in [4.78, 5) is 0. The van der Waals surface area contributed by atoms with E-state index in [9.17, 15) is 17.6 Å². The van der Waals surface area contributed by atoms with Crippen LogP contribution in [0.25, 0.3) is 10.8 Å². The van der Waals surface area contributed by atoms with Crippen LogP contribution in [0.3, 0.4) is 0 Å². The molecule has 0 aliphatic carbocycles. The molecule has 0 atom stereocenters. The maximum atomic E-state index is 13.4. The SMILES string of the molecule is Cc1c(F)cc2cc(F)cc(F)c2c1F. The Bertz CT molecular complexity index is 546. The highest BCUT2D eigenvalue weighted by Crippen LogP contribution is 2.26. The summed E-state index contributed by atoms with van der Waals surface area (Å²) in [5.41, 5.74) is -0.270. The molecule has 0 aliphatic heterocycles. The molecular formula is C11H6F4. The first-order valence-electron chi connectivity index (χ1n) is 4.24. The lowest BCUT2D eigenvalue weighted by Gasteiger charge is -2.05. The van der Waals surface area contributed by atoms with Crippen LogP contribution in [0.1, 0.15) is 5.56 Å². The molecule has 0 saturated heterocycles. The van der Waals surface area contributed by atoms with Gasteiger partial charge in [-0.1, -0.05) is 0 Å². The van der Waals surface area contributed by atoms with Crippen molar-refractivity contribution in [3.8, 4) is 0 Å². The summed E-state index contributed by atoms with van der Waals surface area (Å²) in [5, 5.41) is -0.497. The molecule has 0 unspecified atom stereocenters. The van der Waals surface area contributed by atoms with Gasteiger partial charge in [0.05, 0.1) is 5.39 Å². The monoisotopic (exact) mass is 214 g/mol. The summed E-state index contributed by atoms with van der Waals surface area (Å²) in [5.74, 6) is -3.68. The van der Waals surface area contributed by atoms with E-state index in [1.807, 2.05) is 0 Å². The molecule has 2 aromatic carbocycles. The van der Waals surface area contributed by atoms with Crippen molar-refractivity contribution in [1.29, 1.82) is 0 Å². The lowest BCUT2D eigenvalue weighted by atomic mass is 10.1. The van der Waals surface area contributed by atoms with Gasteiger partial charge in [0.1, 0.15) is 23.3 Å². The van der Waals surface area contributed by atoms with Crippen molar-refractivity contribution < 1.29 is 17.6 Å². The van der Waals surface area contributed by atoms with Gasteiger partial charge in [-0.2, -0.15) is 0 Å². The van der Waals surface area contributed by atoms with Gasteiger partial charge in [-0.05, 0) is 24.4 Å².